The van der Waals surface area contributed by atoms with E-state index in [0.29, 0.717) is 25.3 Å². The predicted molar refractivity (Wildman–Crippen MR) is 67.6 cm³/mol. The van der Waals surface area contributed by atoms with Crippen LogP contribution in [0.2, 0.25) is 0 Å². The maximum absolute atomic E-state index is 11.7. The fourth-order valence-electron chi connectivity index (χ4n) is 1.28. The van der Waals surface area contributed by atoms with E-state index in [1.165, 1.54) is 20.2 Å². The van der Waals surface area contributed by atoms with Crippen molar-refractivity contribution in [3.8, 4) is 0 Å². The topological polar surface area (TPSA) is 82.8 Å². The Morgan fingerprint density at radius 1 is 1.44 bits per heavy atom. The SMILES string of the molecule is CCC(O)CNCc1ccc(S(=O)(=O)N(C)C)o1. The molecule has 1 aromatic heterocycles. The second kappa shape index (κ2) is 6.33. The number of nitrogens with one attached hydrogen (secondary N) is 1. The predicted octanol–water partition coefficient (Wildman–Crippen LogP) is 0.390. The van der Waals surface area contributed by atoms with Crippen LogP contribution in [0.25, 0.3) is 0 Å². The van der Waals surface area contributed by atoms with E-state index in [9.17, 15) is 13.5 Å². The van der Waals surface area contributed by atoms with Crippen molar-refractivity contribution in [2.24, 2.45) is 0 Å². The van der Waals surface area contributed by atoms with Gasteiger partial charge in [-0.3, -0.25) is 0 Å². The van der Waals surface area contributed by atoms with Crippen molar-refractivity contribution in [1.82, 2.24) is 9.62 Å². The first kappa shape index (κ1) is 15.2. The summed E-state index contributed by atoms with van der Waals surface area (Å²) >= 11 is 0. The molecule has 1 heterocycles. The molecule has 0 saturated carbocycles. The molecule has 104 valence electrons. The number of rotatable bonds is 7. The quantitative estimate of drug-likeness (QED) is 0.753. The number of hydrogen-bond acceptors (Lipinski definition) is 5. The van der Waals surface area contributed by atoms with Gasteiger partial charge in [0.05, 0.1) is 12.6 Å². The lowest BCUT2D eigenvalue weighted by atomic mass is 10.3. The third-order valence-corrected chi connectivity index (χ3v) is 4.21. The molecule has 7 heteroatoms. The van der Waals surface area contributed by atoms with Crippen molar-refractivity contribution >= 4 is 10.0 Å². The molecular formula is C11H20N2O4S. The van der Waals surface area contributed by atoms with Crippen molar-refractivity contribution < 1.29 is 17.9 Å². The summed E-state index contributed by atoms with van der Waals surface area (Å²) in [6.45, 7) is 2.73. The number of sulfonamides is 1. The van der Waals surface area contributed by atoms with Crippen molar-refractivity contribution in [1.29, 1.82) is 0 Å². The molecule has 0 aliphatic carbocycles. The smallest absolute Gasteiger partial charge is 0.275 e. The highest BCUT2D eigenvalue weighted by Crippen LogP contribution is 2.16. The van der Waals surface area contributed by atoms with Gasteiger partial charge in [0, 0.05) is 20.6 Å². The number of hydrogen-bond donors (Lipinski definition) is 2. The monoisotopic (exact) mass is 276 g/mol. The minimum Gasteiger partial charge on any atom is -0.447 e. The van der Waals surface area contributed by atoms with E-state index >= 15 is 0 Å². The molecule has 2 N–H and O–H groups in total. The Kier molecular flexibility index (Phi) is 5.33. The maximum Gasteiger partial charge on any atom is 0.275 e. The number of nitrogens with zero attached hydrogens (tertiary/aromatic N) is 1. The average molecular weight is 276 g/mol. The van der Waals surface area contributed by atoms with Crippen LogP contribution >= 0.6 is 0 Å². The Balaban J connectivity index is 2.59. The lowest BCUT2D eigenvalue weighted by Gasteiger charge is -2.09. The third kappa shape index (κ3) is 3.81. The number of aliphatic hydroxyl groups is 1. The van der Waals surface area contributed by atoms with E-state index in [4.69, 9.17) is 4.42 Å². The summed E-state index contributed by atoms with van der Waals surface area (Å²) < 4.78 is 29.8. The van der Waals surface area contributed by atoms with Crippen LogP contribution in [0.15, 0.2) is 21.6 Å². The van der Waals surface area contributed by atoms with Gasteiger partial charge in [-0.05, 0) is 18.6 Å². The third-order valence-electron chi connectivity index (χ3n) is 2.52. The Morgan fingerprint density at radius 2 is 2.11 bits per heavy atom. The fraction of sp³-hybridized carbons (Fsp3) is 0.636. The normalized spacial score (nSPS) is 14.1. The summed E-state index contributed by atoms with van der Waals surface area (Å²) in [5.74, 6) is 0.527. The first-order valence-corrected chi connectivity index (χ1v) is 7.22. The van der Waals surface area contributed by atoms with Gasteiger partial charge in [-0.25, -0.2) is 12.7 Å². The van der Waals surface area contributed by atoms with Crippen LogP contribution in [0.5, 0.6) is 0 Å². The van der Waals surface area contributed by atoms with Crippen LogP contribution in [0, 0.1) is 0 Å². The molecule has 0 amide bonds. The molecule has 0 fully saturated rings. The minimum atomic E-state index is -3.51. The molecule has 0 radical (unpaired) electrons. The Labute approximate surface area is 108 Å². The van der Waals surface area contributed by atoms with Crippen LogP contribution in [-0.2, 0) is 16.6 Å². The molecule has 1 rings (SSSR count). The van der Waals surface area contributed by atoms with E-state index in [-0.39, 0.29) is 5.09 Å². The summed E-state index contributed by atoms with van der Waals surface area (Å²) in [5.41, 5.74) is 0. The van der Waals surface area contributed by atoms with E-state index < -0.39 is 16.1 Å². The maximum atomic E-state index is 11.7. The fourth-order valence-corrected chi connectivity index (χ4v) is 2.09. The van der Waals surface area contributed by atoms with Gasteiger partial charge < -0.3 is 14.8 Å². The largest absolute Gasteiger partial charge is 0.447 e. The summed E-state index contributed by atoms with van der Waals surface area (Å²) in [7, 11) is -0.609. The summed E-state index contributed by atoms with van der Waals surface area (Å²) in [5, 5.41) is 12.3. The van der Waals surface area contributed by atoms with Gasteiger partial charge in [0.1, 0.15) is 5.76 Å². The second-order valence-corrected chi connectivity index (χ2v) is 6.28. The first-order chi connectivity index (χ1) is 8.37. The van der Waals surface area contributed by atoms with E-state index in [1.807, 2.05) is 6.92 Å². The zero-order chi connectivity index (χ0) is 13.8. The Bertz CT molecular complexity index is 467. The van der Waals surface area contributed by atoms with Crippen LogP contribution in [-0.4, -0.2) is 44.6 Å². The highest BCUT2D eigenvalue weighted by atomic mass is 32.2. The van der Waals surface area contributed by atoms with Crippen molar-refractivity contribution in [2.75, 3.05) is 20.6 Å². The van der Waals surface area contributed by atoms with Gasteiger partial charge >= 0.3 is 0 Å². The lowest BCUT2D eigenvalue weighted by molar-refractivity contribution is 0.166. The van der Waals surface area contributed by atoms with Crippen LogP contribution in [0.4, 0.5) is 0 Å². The minimum absolute atomic E-state index is 0.0691. The van der Waals surface area contributed by atoms with Crippen molar-refractivity contribution in [3.63, 3.8) is 0 Å². The van der Waals surface area contributed by atoms with E-state index in [1.54, 1.807) is 6.07 Å². The highest BCUT2D eigenvalue weighted by Gasteiger charge is 2.21. The van der Waals surface area contributed by atoms with Crippen LogP contribution in [0.3, 0.4) is 0 Å². The van der Waals surface area contributed by atoms with Gasteiger partial charge in [0.25, 0.3) is 10.0 Å². The summed E-state index contributed by atoms with van der Waals surface area (Å²) in [6, 6.07) is 3.05. The van der Waals surface area contributed by atoms with Crippen molar-refractivity contribution in [3.05, 3.63) is 17.9 Å². The van der Waals surface area contributed by atoms with Crippen LogP contribution in [0.1, 0.15) is 19.1 Å². The molecule has 6 nitrogen and oxygen atoms in total. The standard InChI is InChI=1S/C11H20N2O4S/c1-4-9(14)7-12-8-10-5-6-11(17-10)18(15,16)13(2)3/h5-6,9,12,14H,4,7-8H2,1-3H3. The molecule has 0 aromatic carbocycles. The highest BCUT2D eigenvalue weighted by molar-refractivity contribution is 7.88. The second-order valence-electron chi connectivity index (χ2n) is 4.20. The Morgan fingerprint density at radius 3 is 2.67 bits per heavy atom. The molecule has 0 saturated heterocycles. The molecule has 18 heavy (non-hydrogen) atoms. The summed E-state index contributed by atoms with van der Waals surface area (Å²) in [4.78, 5) is 0. The average Bonchev–Trinajstić information content (AvgIpc) is 2.77. The molecular weight excluding hydrogens is 256 g/mol. The van der Waals surface area contributed by atoms with Crippen molar-refractivity contribution in [2.45, 2.75) is 31.1 Å². The van der Waals surface area contributed by atoms with Gasteiger partial charge in [-0.1, -0.05) is 6.92 Å². The molecule has 1 atom stereocenters. The van der Waals surface area contributed by atoms with E-state index in [0.717, 1.165) is 4.31 Å². The summed E-state index contributed by atoms with van der Waals surface area (Å²) in [6.07, 6.45) is 0.274. The number of furan rings is 1. The molecule has 0 aliphatic rings. The molecule has 0 aliphatic heterocycles. The lowest BCUT2D eigenvalue weighted by Crippen LogP contribution is -2.25. The van der Waals surface area contributed by atoms with E-state index in [2.05, 4.69) is 5.32 Å². The number of aliphatic hydroxyl groups excluding tert-OH is 1. The molecule has 0 spiro atoms. The van der Waals surface area contributed by atoms with Gasteiger partial charge in [-0.2, -0.15) is 0 Å². The first-order valence-electron chi connectivity index (χ1n) is 5.78. The molecule has 1 unspecified atom stereocenters. The zero-order valence-corrected chi connectivity index (χ0v) is 11.7. The van der Waals surface area contributed by atoms with Gasteiger partial charge in [0.2, 0.25) is 5.09 Å². The van der Waals surface area contributed by atoms with Gasteiger partial charge in [-0.15, -0.1) is 0 Å². The molecule has 0 bridgehead atoms. The van der Waals surface area contributed by atoms with Gasteiger partial charge in [0.15, 0.2) is 0 Å². The Hall–Kier alpha value is -0.890. The zero-order valence-electron chi connectivity index (χ0n) is 10.9. The molecule has 1 aromatic rings. The van der Waals surface area contributed by atoms with Crippen LogP contribution < -0.4 is 5.32 Å².